The van der Waals surface area contributed by atoms with E-state index in [4.69, 9.17) is 4.74 Å². The van der Waals surface area contributed by atoms with Crippen LogP contribution in [0.25, 0.3) is 11.3 Å². The fourth-order valence-corrected chi connectivity index (χ4v) is 1.68. The third-order valence-corrected chi connectivity index (χ3v) is 2.60. The predicted molar refractivity (Wildman–Crippen MR) is 65.7 cm³/mol. The fraction of sp³-hybridized carbons (Fsp3) is 0.143. The lowest BCUT2D eigenvalue weighted by Crippen LogP contribution is -2.01. The number of pyridine rings is 1. The van der Waals surface area contributed by atoms with Crippen molar-refractivity contribution in [2.24, 2.45) is 0 Å². The van der Waals surface area contributed by atoms with Crippen LogP contribution >= 0.6 is 0 Å². The second-order valence-electron chi connectivity index (χ2n) is 3.74. The highest BCUT2D eigenvalue weighted by molar-refractivity contribution is 5.90. The van der Waals surface area contributed by atoms with E-state index >= 15 is 0 Å². The van der Waals surface area contributed by atoms with Gasteiger partial charge in [0.1, 0.15) is 0 Å². The molecule has 0 amide bonds. The molecule has 1 heterocycles. The molecule has 86 valence electrons. The fourth-order valence-electron chi connectivity index (χ4n) is 1.68. The number of aryl methyl sites for hydroxylation is 1. The molecule has 1 aromatic heterocycles. The molecular weight excluding hydrogens is 214 g/mol. The number of carbonyl (C=O) groups excluding carboxylic acids is 1. The van der Waals surface area contributed by atoms with Crippen molar-refractivity contribution in [1.82, 2.24) is 4.98 Å². The molecule has 0 bridgehead atoms. The number of carbonyl (C=O) groups is 1. The van der Waals surface area contributed by atoms with Crippen molar-refractivity contribution in [3.63, 3.8) is 0 Å². The maximum Gasteiger partial charge on any atom is 0.337 e. The molecule has 0 atom stereocenters. The van der Waals surface area contributed by atoms with Gasteiger partial charge >= 0.3 is 5.97 Å². The van der Waals surface area contributed by atoms with Crippen molar-refractivity contribution in [2.45, 2.75) is 6.92 Å². The maximum absolute atomic E-state index is 11.4. The maximum atomic E-state index is 11.4. The van der Waals surface area contributed by atoms with Gasteiger partial charge in [0.25, 0.3) is 0 Å². The van der Waals surface area contributed by atoms with E-state index in [1.165, 1.54) is 7.11 Å². The summed E-state index contributed by atoms with van der Waals surface area (Å²) in [6.45, 7) is 2.02. The van der Waals surface area contributed by atoms with Gasteiger partial charge in [0, 0.05) is 11.8 Å². The van der Waals surface area contributed by atoms with Crippen molar-refractivity contribution in [3.05, 3.63) is 53.7 Å². The minimum absolute atomic E-state index is 0.345. The molecule has 0 radical (unpaired) electrons. The van der Waals surface area contributed by atoms with Gasteiger partial charge in [0.2, 0.25) is 0 Å². The molecule has 0 fully saturated rings. The molecular formula is C14H13NO2. The van der Waals surface area contributed by atoms with Gasteiger partial charge in [-0.25, -0.2) is 4.79 Å². The van der Waals surface area contributed by atoms with Crippen LogP contribution in [0.1, 0.15) is 15.9 Å². The van der Waals surface area contributed by atoms with E-state index in [1.54, 1.807) is 18.3 Å². The van der Waals surface area contributed by atoms with Gasteiger partial charge in [-0.3, -0.25) is 4.98 Å². The zero-order valence-corrected chi connectivity index (χ0v) is 9.81. The standard InChI is InChI=1S/C14H13NO2/c1-10-5-3-4-6-12(10)13-9-11(7-8-15-13)14(16)17-2/h3-9H,1-2H3. The van der Waals surface area contributed by atoms with Crippen LogP contribution in [-0.4, -0.2) is 18.1 Å². The number of hydrogen-bond donors (Lipinski definition) is 0. The summed E-state index contributed by atoms with van der Waals surface area (Å²) in [6.07, 6.45) is 1.62. The molecule has 0 saturated carbocycles. The molecule has 17 heavy (non-hydrogen) atoms. The third kappa shape index (κ3) is 2.33. The van der Waals surface area contributed by atoms with Crippen molar-refractivity contribution >= 4 is 5.97 Å². The summed E-state index contributed by atoms with van der Waals surface area (Å²) in [5.74, 6) is -0.345. The summed E-state index contributed by atoms with van der Waals surface area (Å²) in [6, 6.07) is 11.3. The molecule has 0 aliphatic rings. The Morgan fingerprint density at radius 2 is 2.00 bits per heavy atom. The zero-order valence-electron chi connectivity index (χ0n) is 9.81. The molecule has 0 saturated heterocycles. The van der Waals surface area contributed by atoms with Crippen molar-refractivity contribution in [3.8, 4) is 11.3 Å². The topological polar surface area (TPSA) is 39.2 Å². The minimum atomic E-state index is -0.345. The number of rotatable bonds is 2. The Bertz CT molecular complexity index is 549. The second kappa shape index (κ2) is 4.78. The monoisotopic (exact) mass is 227 g/mol. The lowest BCUT2D eigenvalue weighted by molar-refractivity contribution is 0.0600. The van der Waals surface area contributed by atoms with Crippen molar-refractivity contribution in [1.29, 1.82) is 0 Å². The molecule has 3 nitrogen and oxygen atoms in total. The van der Waals surface area contributed by atoms with E-state index in [9.17, 15) is 4.79 Å². The van der Waals surface area contributed by atoms with Crippen LogP contribution in [0, 0.1) is 6.92 Å². The van der Waals surface area contributed by atoms with E-state index in [1.807, 2.05) is 31.2 Å². The zero-order chi connectivity index (χ0) is 12.3. The Hall–Kier alpha value is -2.16. The molecule has 3 heteroatoms. The largest absolute Gasteiger partial charge is 0.465 e. The van der Waals surface area contributed by atoms with E-state index in [0.29, 0.717) is 5.56 Å². The number of esters is 1. The molecule has 0 aliphatic carbocycles. The summed E-state index contributed by atoms with van der Waals surface area (Å²) in [5, 5.41) is 0. The van der Waals surface area contributed by atoms with Crippen LogP contribution in [-0.2, 0) is 4.74 Å². The average molecular weight is 227 g/mol. The Balaban J connectivity index is 2.47. The number of aromatic nitrogens is 1. The molecule has 0 aliphatic heterocycles. The molecule has 0 unspecified atom stereocenters. The minimum Gasteiger partial charge on any atom is -0.465 e. The van der Waals surface area contributed by atoms with Crippen LogP contribution in [0.3, 0.4) is 0 Å². The van der Waals surface area contributed by atoms with Crippen LogP contribution in [0.15, 0.2) is 42.6 Å². The third-order valence-electron chi connectivity index (χ3n) is 2.60. The highest BCUT2D eigenvalue weighted by Gasteiger charge is 2.08. The Labute approximate surface area is 100 Å². The summed E-state index contributed by atoms with van der Waals surface area (Å²) >= 11 is 0. The first-order valence-electron chi connectivity index (χ1n) is 5.33. The van der Waals surface area contributed by atoms with Gasteiger partial charge in [-0.05, 0) is 24.6 Å². The quantitative estimate of drug-likeness (QED) is 0.740. The van der Waals surface area contributed by atoms with E-state index in [0.717, 1.165) is 16.8 Å². The second-order valence-corrected chi connectivity index (χ2v) is 3.74. The first-order valence-corrected chi connectivity index (χ1v) is 5.33. The van der Waals surface area contributed by atoms with E-state index in [2.05, 4.69) is 4.98 Å². The number of ether oxygens (including phenoxy) is 1. The van der Waals surface area contributed by atoms with Crippen LogP contribution < -0.4 is 0 Å². The van der Waals surface area contributed by atoms with Crippen LogP contribution in [0.4, 0.5) is 0 Å². The smallest absolute Gasteiger partial charge is 0.337 e. The normalized spacial score (nSPS) is 10.0. The van der Waals surface area contributed by atoms with Gasteiger partial charge in [0.05, 0.1) is 18.4 Å². The van der Waals surface area contributed by atoms with Crippen molar-refractivity contribution in [2.75, 3.05) is 7.11 Å². The lowest BCUT2D eigenvalue weighted by atomic mass is 10.0. The highest BCUT2D eigenvalue weighted by atomic mass is 16.5. The first-order chi connectivity index (χ1) is 8.22. The first kappa shape index (κ1) is 11.3. The average Bonchev–Trinajstić information content (AvgIpc) is 2.38. The SMILES string of the molecule is COC(=O)c1ccnc(-c2ccccc2C)c1. The lowest BCUT2D eigenvalue weighted by Gasteiger charge is -2.06. The van der Waals surface area contributed by atoms with Crippen LogP contribution in [0.5, 0.6) is 0 Å². The number of hydrogen-bond acceptors (Lipinski definition) is 3. The summed E-state index contributed by atoms with van der Waals surface area (Å²) in [4.78, 5) is 15.7. The van der Waals surface area contributed by atoms with Gasteiger partial charge in [-0.15, -0.1) is 0 Å². The number of nitrogens with zero attached hydrogens (tertiary/aromatic N) is 1. The number of benzene rings is 1. The van der Waals surface area contributed by atoms with Gasteiger partial charge in [0.15, 0.2) is 0 Å². The Morgan fingerprint density at radius 1 is 1.24 bits per heavy atom. The van der Waals surface area contributed by atoms with Gasteiger partial charge in [-0.1, -0.05) is 24.3 Å². The summed E-state index contributed by atoms with van der Waals surface area (Å²) < 4.78 is 4.69. The molecule has 1 aromatic carbocycles. The molecule has 0 spiro atoms. The molecule has 2 rings (SSSR count). The number of methoxy groups -OCH3 is 1. The summed E-state index contributed by atoms with van der Waals surface area (Å²) in [7, 11) is 1.37. The predicted octanol–water partition coefficient (Wildman–Crippen LogP) is 2.84. The van der Waals surface area contributed by atoms with Crippen LogP contribution in [0.2, 0.25) is 0 Å². The molecule has 0 N–H and O–H groups in total. The molecule has 2 aromatic rings. The van der Waals surface area contributed by atoms with Gasteiger partial charge in [-0.2, -0.15) is 0 Å². The van der Waals surface area contributed by atoms with E-state index < -0.39 is 0 Å². The highest BCUT2D eigenvalue weighted by Crippen LogP contribution is 2.21. The van der Waals surface area contributed by atoms with E-state index in [-0.39, 0.29) is 5.97 Å². The Kier molecular flexibility index (Phi) is 3.19. The van der Waals surface area contributed by atoms with Crippen molar-refractivity contribution < 1.29 is 9.53 Å². The Morgan fingerprint density at radius 3 is 2.71 bits per heavy atom. The summed E-state index contributed by atoms with van der Waals surface area (Å²) in [5.41, 5.74) is 3.45. The van der Waals surface area contributed by atoms with Gasteiger partial charge < -0.3 is 4.74 Å².